The molecule has 0 radical (unpaired) electrons. The van der Waals surface area contributed by atoms with E-state index in [0.29, 0.717) is 19.5 Å². The predicted molar refractivity (Wildman–Crippen MR) is 52.4 cm³/mol. The number of hydrogen-bond donors (Lipinski definition) is 2. The quantitative estimate of drug-likeness (QED) is 0.709. The van der Waals surface area contributed by atoms with Gasteiger partial charge in [0.05, 0.1) is 0 Å². The van der Waals surface area contributed by atoms with E-state index < -0.39 is 12.6 Å². The molecule has 0 amide bonds. The molecule has 0 aromatic carbocycles. The fourth-order valence-electron chi connectivity index (χ4n) is 1.28. The summed E-state index contributed by atoms with van der Waals surface area (Å²) < 4.78 is 35.3. The van der Waals surface area contributed by atoms with Gasteiger partial charge in [-0.2, -0.15) is 13.2 Å². The van der Waals surface area contributed by atoms with E-state index in [-0.39, 0.29) is 6.42 Å². The minimum absolute atomic E-state index is 0.198. The van der Waals surface area contributed by atoms with E-state index in [1.807, 2.05) is 18.5 Å². The molecule has 0 atom stereocenters. The lowest BCUT2D eigenvalue weighted by Gasteiger charge is -2.06. The van der Waals surface area contributed by atoms with E-state index in [1.165, 1.54) is 0 Å². The van der Waals surface area contributed by atoms with Crippen molar-refractivity contribution >= 4 is 0 Å². The highest BCUT2D eigenvalue weighted by Gasteiger charge is 2.25. The average molecular weight is 220 g/mol. The Labute approximate surface area is 86.9 Å². The zero-order valence-corrected chi connectivity index (χ0v) is 8.40. The third-order valence-electron chi connectivity index (χ3n) is 2.06. The van der Waals surface area contributed by atoms with Gasteiger partial charge in [-0.25, -0.2) is 0 Å². The SMILES string of the molecule is FC(F)(F)CCCCNCc1cc[nH]c1. The van der Waals surface area contributed by atoms with Gasteiger partial charge >= 0.3 is 6.18 Å². The van der Waals surface area contributed by atoms with Crippen molar-refractivity contribution in [3.63, 3.8) is 0 Å². The van der Waals surface area contributed by atoms with Gasteiger partial charge in [-0.05, 0) is 31.0 Å². The molecule has 2 nitrogen and oxygen atoms in total. The van der Waals surface area contributed by atoms with E-state index in [0.717, 1.165) is 5.56 Å². The Bertz CT molecular complexity index is 254. The molecule has 86 valence electrons. The van der Waals surface area contributed by atoms with Gasteiger partial charge in [0, 0.05) is 25.4 Å². The predicted octanol–water partition coefficient (Wildman–Crippen LogP) is 2.84. The largest absolute Gasteiger partial charge is 0.389 e. The lowest BCUT2D eigenvalue weighted by atomic mass is 10.2. The van der Waals surface area contributed by atoms with Crippen LogP contribution in [0.15, 0.2) is 18.5 Å². The van der Waals surface area contributed by atoms with Crippen LogP contribution in [0.2, 0.25) is 0 Å². The second-order valence-corrected chi connectivity index (χ2v) is 3.47. The number of rotatable bonds is 6. The van der Waals surface area contributed by atoms with Crippen molar-refractivity contribution in [3.8, 4) is 0 Å². The number of H-pyrrole nitrogens is 1. The molecule has 0 spiro atoms. The first-order valence-electron chi connectivity index (χ1n) is 4.97. The number of aromatic nitrogens is 1. The number of nitrogens with one attached hydrogen (secondary N) is 2. The Morgan fingerprint density at radius 2 is 2.07 bits per heavy atom. The van der Waals surface area contributed by atoms with Gasteiger partial charge in [-0.15, -0.1) is 0 Å². The van der Waals surface area contributed by atoms with Crippen molar-refractivity contribution < 1.29 is 13.2 Å². The first kappa shape index (κ1) is 12.1. The van der Waals surface area contributed by atoms with Crippen LogP contribution in [0.5, 0.6) is 0 Å². The summed E-state index contributed by atoms with van der Waals surface area (Å²) in [4.78, 5) is 2.91. The zero-order valence-electron chi connectivity index (χ0n) is 8.40. The molecule has 0 fully saturated rings. The molecule has 1 heterocycles. The van der Waals surface area contributed by atoms with Crippen molar-refractivity contribution in [1.82, 2.24) is 10.3 Å². The maximum absolute atomic E-state index is 11.8. The van der Waals surface area contributed by atoms with E-state index in [9.17, 15) is 13.2 Å². The van der Waals surface area contributed by atoms with Gasteiger partial charge in [-0.1, -0.05) is 0 Å². The fraction of sp³-hybridized carbons (Fsp3) is 0.600. The van der Waals surface area contributed by atoms with Crippen molar-refractivity contribution in [2.75, 3.05) is 6.54 Å². The molecule has 1 aromatic heterocycles. The van der Waals surface area contributed by atoms with Gasteiger partial charge in [0.2, 0.25) is 0 Å². The third kappa shape index (κ3) is 6.17. The van der Waals surface area contributed by atoms with E-state index in [2.05, 4.69) is 10.3 Å². The lowest BCUT2D eigenvalue weighted by Crippen LogP contribution is -2.15. The van der Waals surface area contributed by atoms with Gasteiger partial charge in [0.1, 0.15) is 0 Å². The zero-order chi connectivity index (χ0) is 11.1. The second kappa shape index (κ2) is 5.80. The maximum Gasteiger partial charge on any atom is 0.389 e. The summed E-state index contributed by atoms with van der Waals surface area (Å²) in [5.41, 5.74) is 1.12. The Kier molecular flexibility index (Phi) is 4.68. The van der Waals surface area contributed by atoms with Crippen LogP contribution >= 0.6 is 0 Å². The molecule has 0 saturated carbocycles. The minimum atomic E-state index is -4.01. The number of hydrogen-bond acceptors (Lipinski definition) is 1. The standard InChI is InChI=1S/C10H15F3N2/c11-10(12,13)4-1-2-5-14-7-9-3-6-15-8-9/h3,6,8,14-15H,1-2,4-5,7H2. The third-order valence-corrected chi connectivity index (χ3v) is 2.06. The number of aromatic amines is 1. The summed E-state index contributed by atoms with van der Waals surface area (Å²) >= 11 is 0. The Hall–Kier alpha value is -0.970. The van der Waals surface area contributed by atoms with Crippen LogP contribution in [-0.2, 0) is 6.54 Å². The Balaban J connectivity index is 1.94. The first-order valence-corrected chi connectivity index (χ1v) is 4.97. The Morgan fingerprint density at radius 1 is 1.27 bits per heavy atom. The summed E-state index contributed by atoms with van der Waals surface area (Å²) in [6.07, 6.45) is -0.254. The van der Waals surface area contributed by atoms with Crippen molar-refractivity contribution in [2.24, 2.45) is 0 Å². The fourth-order valence-corrected chi connectivity index (χ4v) is 1.28. The molecular formula is C10H15F3N2. The highest BCUT2D eigenvalue weighted by atomic mass is 19.4. The van der Waals surface area contributed by atoms with Gasteiger partial charge < -0.3 is 10.3 Å². The van der Waals surface area contributed by atoms with Crippen molar-refractivity contribution in [3.05, 3.63) is 24.0 Å². The molecule has 0 bridgehead atoms. The van der Waals surface area contributed by atoms with Crippen LogP contribution in [0.3, 0.4) is 0 Å². The molecule has 0 aliphatic heterocycles. The average Bonchev–Trinajstić information content (AvgIpc) is 2.61. The molecule has 5 heteroatoms. The van der Waals surface area contributed by atoms with Crippen LogP contribution < -0.4 is 5.32 Å². The molecule has 0 aliphatic carbocycles. The van der Waals surface area contributed by atoms with Crippen LogP contribution in [0.1, 0.15) is 24.8 Å². The summed E-state index contributed by atoms with van der Waals surface area (Å²) in [5, 5.41) is 3.09. The highest BCUT2D eigenvalue weighted by Crippen LogP contribution is 2.21. The highest BCUT2D eigenvalue weighted by molar-refractivity contribution is 5.07. The molecule has 0 aliphatic rings. The Morgan fingerprint density at radius 3 is 2.67 bits per heavy atom. The monoisotopic (exact) mass is 220 g/mol. The smallest absolute Gasteiger partial charge is 0.367 e. The lowest BCUT2D eigenvalue weighted by molar-refractivity contribution is -0.135. The van der Waals surface area contributed by atoms with Crippen LogP contribution in [0.25, 0.3) is 0 Å². The molecule has 2 N–H and O–H groups in total. The molecule has 1 rings (SSSR count). The number of unbranched alkanes of at least 4 members (excludes halogenated alkanes) is 1. The molecule has 1 aromatic rings. The summed E-state index contributed by atoms with van der Waals surface area (Å²) in [7, 11) is 0. The van der Waals surface area contributed by atoms with E-state index in [4.69, 9.17) is 0 Å². The summed E-state index contributed by atoms with van der Waals surface area (Å²) in [6.45, 7) is 1.33. The van der Waals surface area contributed by atoms with Crippen LogP contribution in [0.4, 0.5) is 13.2 Å². The van der Waals surface area contributed by atoms with Crippen molar-refractivity contribution in [1.29, 1.82) is 0 Å². The van der Waals surface area contributed by atoms with Gasteiger partial charge in [0.15, 0.2) is 0 Å². The van der Waals surface area contributed by atoms with Gasteiger partial charge in [0.25, 0.3) is 0 Å². The number of halogens is 3. The minimum Gasteiger partial charge on any atom is -0.367 e. The number of alkyl halides is 3. The summed E-state index contributed by atoms with van der Waals surface area (Å²) in [5.74, 6) is 0. The van der Waals surface area contributed by atoms with Crippen molar-refractivity contribution in [2.45, 2.75) is 32.0 Å². The first-order chi connectivity index (χ1) is 7.08. The summed E-state index contributed by atoms with van der Waals surface area (Å²) in [6, 6.07) is 1.93. The normalized spacial score (nSPS) is 11.9. The molecule has 15 heavy (non-hydrogen) atoms. The molecular weight excluding hydrogens is 205 g/mol. The maximum atomic E-state index is 11.8. The van der Waals surface area contributed by atoms with E-state index in [1.54, 1.807) is 0 Å². The topological polar surface area (TPSA) is 27.8 Å². The van der Waals surface area contributed by atoms with Crippen LogP contribution in [0, 0.1) is 0 Å². The molecule has 0 unspecified atom stereocenters. The second-order valence-electron chi connectivity index (χ2n) is 3.47. The van der Waals surface area contributed by atoms with Gasteiger partial charge in [-0.3, -0.25) is 0 Å². The molecule has 0 saturated heterocycles. The van der Waals surface area contributed by atoms with Crippen LogP contribution in [-0.4, -0.2) is 17.7 Å². The van der Waals surface area contributed by atoms with E-state index >= 15 is 0 Å².